The van der Waals surface area contributed by atoms with Gasteiger partial charge in [0.05, 0.1) is 19.3 Å². The first-order valence-corrected chi connectivity index (χ1v) is 9.33. The zero-order valence-corrected chi connectivity index (χ0v) is 18.5. The normalized spacial score (nSPS) is 17.0. The number of para-hydroxylation sites is 2. The lowest BCUT2D eigenvalue weighted by molar-refractivity contribution is 0.415. The highest BCUT2D eigenvalue weighted by Gasteiger charge is 2.25. The summed E-state index contributed by atoms with van der Waals surface area (Å²) in [6, 6.07) is 8.52. The molecule has 0 bridgehead atoms. The van der Waals surface area contributed by atoms with Crippen LogP contribution in [0, 0.1) is 6.92 Å². The Bertz CT molecular complexity index is 736. The molecule has 1 fully saturated rings. The van der Waals surface area contributed by atoms with Gasteiger partial charge in [-0.1, -0.05) is 12.1 Å². The minimum absolute atomic E-state index is 0. The third-order valence-corrected chi connectivity index (χ3v) is 5.22. The van der Waals surface area contributed by atoms with E-state index in [1.54, 1.807) is 25.5 Å². The van der Waals surface area contributed by atoms with Gasteiger partial charge in [-0.05, 0) is 25.5 Å². The maximum absolute atomic E-state index is 5.48. The van der Waals surface area contributed by atoms with Gasteiger partial charge in [-0.3, -0.25) is 4.99 Å². The van der Waals surface area contributed by atoms with Crippen LogP contribution in [-0.4, -0.2) is 44.2 Å². The van der Waals surface area contributed by atoms with E-state index in [0.717, 1.165) is 47.6 Å². The molecule has 0 radical (unpaired) electrons. The summed E-state index contributed by atoms with van der Waals surface area (Å²) in [6.07, 6.45) is 1.06. The summed E-state index contributed by atoms with van der Waals surface area (Å²) in [5.41, 5.74) is 2.21. The van der Waals surface area contributed by atoms with Gasteiger partial charge in [0, 0.05) is 37.3 Å². The van der Waals surface area contributed by atoms with Crippen molar-refractivity contribution in [3.63, 3.8) is 0 Å². The van der Waals surface area contributed by atoms with Crippen LogP contribution in [0.2, 0.25) is 0 Å². The molecular formula is C18H26IN5OS. The van der Waals surface area contributed by atoms with Gasteiger partial charge in [0.25, 0.3) is 0 Å². The van der Waals surface area contributed by atoms with E-state index >= 15 is 0 Å². The van der Waals surface area contributed by atoms with E-state index in [2.05, 4.69) is 43.0 Å². The Morgan fingerprint density at radius 1 is 1.42 bits per heavy atom. The molecule has 0 saturated carbocycles. The number of halogens is 1. The Balaban J connectivity index is 0.00000243. The molecule has 1 aromatic carbocycles. The number of ether oxygens (including phenoxy) is 1. The van der Waals surface area contributed by atoms with E-state index in [9.17, 15) is 0 Å². The van der Waals surface area contributed by atoms with Crippen LogP contribution >= 0.6 is 35.3 Å². The van der Waals surface area contributed by atoms with Crippen molar-refractivity contribution >= 4 is 47.0 Å². The molecule has 2 aromatic rings. The van der Waals surface area contributed by atoms with E-state index in [1.807, 2.05) is 19.1 Å². The monoisotopic (exact) mass is 487 g/mol. The number of anilines is 1. The topological polar surface area (TPSA) is 61.8 Å². The van der Waals surface area contributed by atoms with Crippen LogP contribution in [0.25, 0.3) is 0 Å². The number of aryl methyl sites for hydroxylation is 1. The number of aromatic nitrogens is 1. The fourth-order valence-corrected chi connectivity index (χ4v) is 3.73. The van der Waals surface area contributed by atoms with Crippen molar-refractivity contribution in [2.75, 3.05) is 32.1 Å². The standard InChI is InChI=1S/C18H25N5OS.HI/c1-13-12-25-17(21-13)10-20-18(19-2)22-14-8-9-23(11-14)15-6-4-5-7-16(15)24-3;/h4-7,12,14H,8-11H2,1-3H3,(H2,19,20,22);1H. The third kappa shape index (κ3) is 5.23. The molecule has 0 aliphatic carbocycles. The Morgan fingerprint density at radius 3 is 2.92 bits per heavy atom. The van der Waals surface area contributed by atoms with Crippen molar-refractivity contribution < 1.29 is 4.74 Å². The van der Waals surface area contributed by atoms with Gasteiger partial charge >= 0.3 is 0 Å². The first-order valence-electron chi connectivity index (χ1n) is 8.45. The smallest absolute Gasteiger partial charge is 0.191 e. The maximum atomic E-state index is 5.48. The fourth-order valence-electron chi connectivity index (χ4n) is 3.02. The summed E-state index contributed by atoms with van der Waals surface area (Å²) < 4.78 is 5.48. The van der Waals surface area contributed by atoms with E-state index < -0.39 is 0 Å². The summed E-state index contributed by atoms with van der Waals surface area (Å²) in [7, 11) is 3.52. The van der Waals surface area contributed by atoms with Gasteiger partial charge in [0.15, 0.2) is 5.96 Å². The largest absolute Gasteiger partial charge is 0.495 e. The summed E-state index contributed by atoms with van der Waals surface area (Å²) in [5, 5.41) is 10.00. The summed E-state index contributed by atoms with van der Waals surface area (Å²) in [6.45, 7) is 4.64. The van der Waals surface area contributed by atoms with Crippen molar-refractivity contribution in [1.82, 2.24) is 15.6 Å². The van der Waals surface area contributed by atoms with Crippen LogP contribution in [0.15, 0.2) is 34.6 Å². The van der Waals surface area contributed by atoms with Crippen molar-refractivity contribution in [1.29, 1.82) is 0 Å². The van der Waals surface area contributed by atoms with E-state index in [-0.39, 0.29) is 24.0 Å². The molecule has 1 saturated heterocycles. The number of aliphatic imine (C=N–C) groups is 1. The summed E-state index contributed by atoms with van der Waals surface area (Å²) in [5.74, 6) is 1.74. The minimum Gasteiger partial charge on any atom is -0.495 e. The first kappa shape index (κ1) is 20.8. The molecule has 142 valence electrons. The molecule has 8 heteroatoms. The highest BCUT2D eigenvalue weighted by molar-refractivity contribution is 14.0. The predicted octanol–water partition coefficient (Wildman–Crippen LogP) is 3.02. The van der Waals surface area contributed by atoms with Crippen LogP contribution in [0.4, 0.5) is 5.69 Å². The molecule has 26 heavy (non-hydrogen) atoms. The molecular weight excluding hydrogens is 461 g/mol. The second-order valence-electron chi connectivity index (χ2n) is 6.06. The van der Waals surface area contributed by atoms with Crippen molar-refractivity contribution in [2.45, 2.75) is 25.9 Å². The first-order chi connectivity index (χ1) is 12.2. The molecule has 0 spiro atoms. The van der Waals surface area contributed by atoms with E-state index in [4.69, 9.17) is 4.74 Å². The Hall–Kier alpha value is -1.55. The van der Waals surface area contributed by atoms with Crippen LogP contribution in [0.3, 0.4) is 0 Å². The second-order valence-corrected chi connectivity index (χ2v) is 7.00. The van der Waals surface area contributed by atoms with Gasteiger partial charge in [-0.2, -0.15) is 0 Å². The third-order valence-electron chi connectivity index (χ3n) is 4.25. The molecule has 2 N–H and O–H groups in total. The highest BCUT2D eigenvalue weighted by Crippen LogP contribution is 2.30. The van der Waals surface area contributed by atoms with Gasteiger partial charge in [0.2, 0.25) is 0 Å². The number of hydrogen-bond donors (Lipinski definition) is 2. The Kier molecular flexibility index (Phi) is 7.95. The second kappa shape index (κ2) is 9.96. The average Bonchev–Trinajstić information content (AvgIpc) is 3.27. The lowest BCUT2D eigenvalue weighted by atomic mass is 10.2. The molecule has 1 unspecified atom stereocenters. The molecule has 2 heterocycles. The minimum atomic E-state index is 0. The average molecular weight is 487 g/mol. The van der Waals surface area contributed by atoms with Crippen molar-refractivity contribution in [3.05, 3.63) is 40.3 Å². The van der Waals surface area contributed by atoms with Crippen LogP contribution in [0.1, 0.15) is 17.1 Å². The van der Waals surface area contributed by atoms with Crippen LogP contribution in [-0.2, 0) is 6.54 Å². The summed E-state index contributed by atoms with van der Waals surface area (Å²) >= 11 is 1.67. The lowest BCUT2D eigenvalue weighted by Crippen LogP contribution is -2.44. The predicted molar refractivity (Wildman–Crippen MR) is 119 cm³/mol. The molecule has 6 nitrogen and oxygen atoms in total. The van der Waals surface area contributed by atoms with E-state index in [1.165, 1.54) is 0 Å². The number of nitrogens with one attached hydrogen (secondary N) is 2. The molecule has 1 aliphatic rings. The van der Waals surface area contributed by atoms with Crippen molar-refractivity contribution in [2.24, 2.45) is 4.99 Å². The van der Waals surface area contributed by atoms with Crippen LogP contribution in [0.5, 0.6) is 5.75 Å². The molecule has 3 rings (SSSR count). The SMILES string of the molecule is CN=C(NCc1nc(C)cs1)NC1CCN(c2ccccc2OC)C1.I. The zero-order valence-electron chi connectivity index (χ0n) is 15.4. The maximum Gasteiger partial charge on any atom is 0.191 e. The van der Waals surface area contributed by atoms with Crippen molar-refractivity contribution in [3.8, 4) is 5.75 Å². The fraction of sp³-hybridized carbons (Fsp3) is 0.444. The van der Waals surface area contributed by atoms with Gasteiger partial charge in [-0.25, -0.2) is 4.98 Å². The number of hydrogen-bond acceptors (Lipinski definition) is 5. The number of benzene rings is 1. The lowest BCUT2D eigenvalue weighted by Gasteiger charge is -2.22. The number of rotatable bonds is 5. The number of thiazole rings is 1. The van der Waals surface area contributed by atoms with E-state index in [0.29, 0.717) is 12.6 Å². The van der Waals surface area contributed by atoms with Gasteiger partial charge in [0.1, 0.15) is 10.8 Å². The number of guanidine groups is 1. The molecule has 1 aliphatic heterocycles. The molecule has 1 aromatic heterocycles. The Labute approximate surface area is 176 Å². The van der Waals surface area contributed by atoms with Crippen LogP contribution < -0.4 is 20.3 Å². The Morgan fingerprint density at radius 2 is 2.23 bits per heavy atom. The number of methoxy groups -OCH3 is 1. The van der Waals surface area contributed by atoms with Gasteiger partial charge < -0.3 is 20.3 Å². The molecule has 0 amide bonds. The van der Waals surface area contributed by atoms with Gasteiger partial charge in [-0.15, -0.1) is 35.3 Å². The number of nitrogens with zero attached hydrogens (tertiary/aromatic N) is 3. The summed E-state index contributed by atoms with van der Waals surface area (Å²) in [4.78, 5) is 11.2. The highest BCUT2D eigenvalue weighted by atomic mass is 127. The zero-order chi connectivity index (χ0) is 17.6. The molecule has 1 atom stereocenters. The quantitative estimate of drug-likeness (QED) is 0.386.